The molecule has 0 aliphatic carbocycles. The summed E-state index contributed by atoms with van der Waals surface area (Å²) in [5, 5.41) is 10.9. The Labute approximate surface area is 127 Å². The number of hydrogen-bond donors (Lipinski definition) is 1. The van der Waals surface area contributed by atoms with Crippen LogP contribution in [0.5, 0.6) is 0 Å². The number of pyridine rings is 1. The molecule has 0 spiro atoms. The van der Waals surface area contributed by atoms with Crippen molar-refractivity contribution in [2.75, 3.05) is 6.61 Å². The van der Waals surface area contributed by atoms with Crippen molar-refractivity contribution in [3.63, 3.8) is 0 Å². The Bertz CT molecular complexity index is 593. The highest BCUT2D eigenvalue weighted by Gasteiger charge is 2.15. The zero-order valence-electron chi connectivity index (χ0n) is 11.7. The normalized spacial score (nSPS) is 11.8. The lowest BCUT2D eigenvalue weighted by Crippen LogP contribution is -2.25. The van der Waals surface area contributed by atoms with Gasteiger partial charge in [-0.3, -0.25) is 0 Å². The average molecular weight is 313 g/mol. The van der Waals surface area contributed by atoms with Crippen LogP contribution in [-0.2, 0) is 11.3 Å². The van der Waals surface area contributed by atoms with E-state index >= 15 is 0 Å². The molecule has 2 aromatic rings. The highest BCUT2D eigenvalue weighted by Crippen LogP contribution is 2.29. The van der Waals surface area contributed by atoms with Crippen molar-refractivity contribution in [3.05, 3.63) is 34.1 Å². The zero-order valence-corrected chi connectivity index (χ0v) is 13.3. The summed E-state index contributed by atoms with van der Waals surface area (Å²) in [6.07, 6.45) is 0. The highest BCUT2D eigenvalue weighted by atomic mass is 35.5. The lowest BCUT2D eigenvalue weighted by atomic mass is 10.2. The lowest BCUT2D eigenvalue weighted by molar-refractivity contribution is -0.0269. The van der Waals surface area contributed by atoms with Crippen LogP contribution in [-0.4, -0.2) is 27.3 Å². The molecule has 2 heterocycles. The fraction of sp³-hybridized carbons (Fsp3) is 0.429. The number of aromatic nitrogens is 2. The summed E-state index contributed by atoms with van der Waals surface area (Å²) in [5.41, 5.74) is 0.900. The topological polar surface area (TPSA) is 55.2 Å². The molecule has 0 radical (unpaired) electrons. The summed E-state index contributed by atoms with van der Waals surface area (Å²) < 4.78 is 5.46. The van der Waals surface area contributed by atoms with Gasteiger partial charge in [-0.2, -0.15) is 0 Å². The van der Waals surface area contributed by atoms with E-state index in [9.17, 15) is 5.11 Å². The van der Waals surface area contributed by atoms with Gasteiger partial charge < -0.3 is 9.84 Å². The van der Waals surface area contributed by atoms with Gasteiger partial charge in [0, 0.05) is 0 Å². The smallest absolute Gasteiger partial charge is 0.129 e. The highest BCUT2D eigenvalue weighted by molar-refractivity contribution is 7.15. The molecule has 2 aromatic heterocycles. The molecule has 0 saturated heterocycles. The SMILES string of the molecule is Cc1nc(COCC(C)(C)O)sc1-c1cccc(Cl)n1. The second-order valence-electron chi connectivity index (χ2n) is 5.17. The van der Waals surface area contributed by atoms with E-state index in [0.29, 0.717) is 11.8 Å². The van der Waals surface area contributed by atoms with E-state index < -0.39 is 5.60 Å². The average Bonchev–Trinajstić information content (AvgIpc) is 2.69. The quantitative estimate of drug-likeness (QED) is 0.859. The van der Waals surface area contributed by atoms with Gasteiger partial charge in [-0.1, -0.05) is 17.7 Å². The number of ether oxygens (including phenoxy) is 1. The Kier molecular flexibility index (Phi) is 4.75. The number of rotatable bonds is 5. The first-order chi connectivity index (χ1) is 9.35. The molecule has 0 aliphatic heterocycles. The standard InChI is InChI=1S/C14H17ClN2O2S/c1-9-13(10-5-4-6-11(15)17-10)20-12(16-9)7-19-8-14(2,3)18/h4-6,18H,7-8H2,1-3H3. The van der Waals surface area contributed by atoms with Gasteiger partial charge in [-0.05, 0) is 32.9 Å². The molecule has 2 rings (SSSR count). The van der Waals surface area contributed by atoms with Crippen LogP contribution in [0.1, 0.15) is 24.5 Å². The Balaban J connectivity index is 2.10. The zero-order chi connectivity index (χ0) is 14.8. The maximum Gasteiger partial charge on any atom is 0.129 e. The second-order valence-corrected chi connectivity index (χ2v) is 6.64. The summed E-state index contributed by atoms with van der Waals surface area (Å²) in [7, 11) is 0. The number of aliphatic hydroxyl groups is 1. The van der Waals surface area contributed by atoms with Crippen LogP contribution < -0.4 is 0 Å². The number of halogens is 1. The van der Waals surface area contributed by atoms with Gasteiger partial charge >= 0.3 is 0 Å². The van der Waals surface area contributed by atoms with Crippen LogP contribution in [0.15, 0.2) is 18.2 Å². The fourth-order valence-electron chi connectivity index (χ4n) is 1.67. The summed E-state index contributed by atoms with van der Waals surface area (Å²) in [5.74, 6) is 0. The molecule has 0 amide bonds. The van der Waals surface area contributed by atoms with Gasteiger partial charge in [-0.15, -0.1) is 11.3 Å². The van der Waals surface area contributed by atoms with Gasteiger partial charge in [0.05, 0.1) is 35.1 Å². The van der Waals surface area contributed by atoms with Gasteiger partial charge in [-0.25, -0.2) is 9.97 Å². The third kappa shape index (κ3) is 4.24. The number of aryl methyl sites for hydroxylation is 1. The van der Waals surface area contributed by atoms with Crippen molar-refractivity contribution < 1.29 is 9.84 Å². The number of hydrogen-bond acceptors (Lipinski definition) is 5. The van der Waals surface area contributed by atoms with E-state index in [-0.39, 0.29) is 6.61 Å². The van der Waals surface area contributed by atoms with Crippen molar-refractivity contribution in [2.24, 2.45) is 0 Å². The molecule has 0 unspecified atom stereocenters. The fourth-order valence-corrected chi connectivity index (χ4v) is 2.81. The molecule has 0 atom stereocenters. The van der Waals surface area contributed by atoms with Crippen molar-refractivity contribution in [2.45, 2.75) is 33.0 Å². The maximum absolute atomic E-state index is 9.60. The van der Waals surface area contributed by atoms with Crippen LogP contribution in [0.2, 0.25) is 5.15 Å². The van der Waals surface area contributed by atoms with E-state index in [0.717, 1.165) is 21.3 Å². The Hall–Kier alpha value is -1.01. The van der Waals surface area contributed by atoms with E-state index in [1.807, 2.05) is 19.1 Å². The minimum Gasteiger partial charge on any atom is -0.388 e. The largest absolute Gasteiger partial charge is 0.388 e. The van der Waals surface area contributed by atoms with E-state index in [2.05, 4.69) is 9.97 Å². The molecule has 0 bridgehead atoms. The Morgan fingerprint density at radius 1 is 1.35 bits per heavy atom. The van der Waals surface area contributed by atoms with Crippen molar-refractivity contribution >= 4 is 22.9 Å². The Morgan fingerprint density at radius 3 is 2.75 bits per heavy atom. The van der Waals surface area contributed by atoms with E-state index in [1.165, 1.54) is 11.3 Å². The van der Waals surface area contributed by atoms with E-state index in [1.54, 1.807) is 19.9 Å². The molecule has 20 heavy (non-hydrogen) atoms. The first-order valence-corrected chi connectivity index (χ1v) is 7.44. The molecule has 108 valence electrons. The van der Waals surface area contributed by atoms with Crippen molar-refractivity contribution in [1.82, 2.24) is 9.97 Å². The number of nitrogens with zero attached hydrogens (tertiary/aromatic N) is 2. The van der Waals surface area contributed by atoms with Crippen LogP contribution in [0.4, 0.5) is 0 Å². The Morgan fingerprint density at radius 2 is 2.10 bits per heavy atom. The van der Waals surface area contributed by atoms with Gasteiger partial charge in [0.15, 0.2) is 0 Å². The number of thiazole rings is 1. The minimum absolute atomic E-state index is 0.274. The summed E-state index contributed by atoms with van der Waals surface area (Å²) in [4.78, 5) is 9.75. The molecule has 4 nitrogen and oxygen atoms in total. The summed E-state index contributed by atoms with van der Waals surface area (Å²) >= 11 is 7.44. The van der Waals surface area contributed by atoms with Gasteiger partial charge in [0.2, 0.25) is 0 Å². The molecule has 0 fully saturated rings. The van der Waals surface area contributed by atoms with Crippen LogP contribution in [0.25, 0.3) is 10.6 Å². The molecule has 0 aromatic carbocycles. The summed E-state index contributed by atoms with van der Waals surface area (Å²) in [6.45, 7) is 6.02. The second kappa shape index (κ2) is 6.18. The molecular weight excluding hydrogens is 296 g/mol. The monoisotopic (exact) mass is 312 g/mol. The molecular formula is C14H17ClN2O2S. The molecule has 6 heteroatoms. The van der Waals surface area contributed by atoms with Crippen LogP contribution >= 0.6 is 22.9 Å². The van der Waals surface area contributed by atoms with Crippen LogP contribution in [0.3, 0.4) is 0 Å². The third-order valence-corrected chi connectivity index (χ3v) is 3.83. The predicted molar refractivity (Wildman–Crippen MR) is 81.0 cm³/mol. The summed E-state index contributed by atoms with van der Waals surface area (Å²) in [6, 6.07) is 5.52. The predicted octanol–water partition coefficient (Wildman–Crippen LogP) is 3.45. The first kappa shape index (κ1) is 15.4. The van der Waals surface area contributed by atoms with Crippen molar-refractivity contribution in [1.29, 1.82) is 0 Å². The minimum atomic E-state index is -0.830. The van der Waals surface area contributed by atoms with Gasteiger partial charge in [0.25, 0.3) is 0 Å². The molecule has 0 saturated carbocycles. The lowest BCUT2D eigenvalue weighted by Gasteiger charge is -2.16. The van der Waals surface area contributed by atoms with E-state index in [4.69, 9.17) is 16.3 Å². The van der Waals surface area contributed by atoms with Crippen molar-refractivity contribution in [3.8, 4) is 10.6 Å². The molecule has 0 aliphatic rings. The third-order valence-electron chi connectivity index (χ3n) is 2.47. The maximum atomic E-state index is 9.60. The first-order valence-electron chi connectivity index (χ1n) is 6.24. The molecule has 1 N–H and O–H groups in total. The van der Waals surface area contributed by atoms with Crippen LogP contribution in [0, 0.1) is 6.92 Å². The van der Waals surface area contributed by atoms with Gasteiger partial charge in [0.1, 0.15) is 10.2 Å².